The van der Waals surface area contributed by atoms with E-state index >= 15 is 0 Å². The minimum absolute atomic E-state index is 0.0975. The summed E-state index contributed by atoms with van der Waals surface area (Å²) in [5.74, 6) is 5.34. The van der Waals surface area contributed by atoms with Gasteiger partial charge in [0.25, 0.3) is 0 Å². The maximum atomic E-state index is 6.72. The molecule has 0 radical (unpaired) electrons. The number of aromatic nitrogens is 2. The molecule has 1 atom stereocenters. The van der Waals surface area contributed by atoms with Crippen molar-refractivity contribution in [3.63, 3.8) is 0 Å². The molecule has 134 valence electrons. The van der Waals surface area contributed by atoms with Crippen molar-refractivity contribution in [3.05, 3.63) is 41.9 Å². The van der Waals surface area contributed by atoms with Crippen LogP contribution in [0.1, 0.15) is 62.6 Å². The Morgan fingerprint density at radius 1 is 1.32 bits per heavy atom. The maximum absolute atomic E-state index is 6.72. The Morgan fingerprint density at radius 3 is 2.84 bits per heavy atom. The maximum Gasteiger partial charge on any atom is 0.0956 e. The average Bonchev–Trinajstić information content (AvgIpc) is 3.22. The van der Waals surface area contributed by atoms with Gasteiger partial charge >= 0.3 is 0 Å². The lowest BCUT2D eigenvalue weighted by Gasteiger charge is -2.37. The molecular formula is C20H28N4O. The second kappa shape index (κ2) is 6.56. The van der Waals surface area contributed by atoms with E-state index in [2.05, 4.69) is 34.7 Å². The summed E-state index contributed by atoms with van der Waals surface area (Å²) < 4.78 is 2.34. The average molecular weight is 340 g/mol. The van der Waals surface area contributed by atoms with Crippen LogP contribution < -0.4 is 11.6 Å². The summed E-state index contributed by atoms with van der Waals surface area (Å²) in [5, 5.41) is 0. The molecule has 2 heterocycles. The fourth-order valence-electron chi connectivity index (χ4n) is 4.70. The van der Waals surface area contributed by atoms with Crippen LogP contribution in [-0.4, -0.2) is 21.2 Å². The first-order valence-corrected chi connectivity index (χ1v) is 9.43. The Kier molecular flexibility index (Phi) is 4.40. The van der Waals surface area contributed by atoms with Crippen LogP contribution in [0.3, 0.4) is 0 Å². The lowest BCUT2D eigenvalue weighted by molar-refractivity contribution is 0.0107. The summed E-state index contributed by atoms with van der Waals surface area (Å²) in [6.07, 6.45) is 11.2. The Labute approximate surface area is 149 Å². The Balaban J connectivity index is 1.56. The quantitative estimate of drug-likeness (QED) is 0.818. The number of rotatable bonds is 5. The molecule has 4 N–H and O–H groups in total. The number of benzene rings is 1. The molecule has 0 spiro atoms. The number of hydrogen-bond acceptors (Lipinski definition) is 4. The van der Waals surface area contributed by atoms with Crippen molar-refractivity contribution in [2.45, 2.75) is 69.6 Å². The third-order valence-corrected chi connectivity index (χ3v) is 6.22. The molecule has 25 heavy (non-hydrogen) atoms. The summed E-state index contributed by atoms with van der Waals surface area (Å²) in [7, 11) is 0. The SMILES string of the molecule is CCc1cccc2c1[C@@H](CCC1(N)CCC(ON)CC1)n1cncc1-2. The predicted molar refractivity (Wildman–Crippen MR) is 98.9 cm³/mol. The third-order valence-electron chi connectivity index (χ3n) is 6.22. The van der Waals surface area contributed by atoms with E-state index < -0.39 is 0 Å². The number of imidazole rings is 1. The zero-order chi connectivity index (χ0) is 17.4. The van der Waals surface area contributed by atoms with E-state index in [0.717, 1.165) is 44.9 Å². The second-order valence-electron chi connectivity index (χ2n) is 7.67. The van der Waals surface area contributed by atoms with Gasteiger partial charge in [-0.05, 0) is 56.1 Å². The molecule has 2 aromatic rings. The van der Waals surface area contributed by atoms with E-state index in [9.17, 15) is 0 Å². The minimum atomic E-state index is -0.0975. The predicted octanol–water partition coefficient (Wildman–Crippen LogP) is 3.33. The molecule has 0 unspecified atom stereocenters. The number of aryl methyl sites for hydroxylation is 1. The lowest BCUT2D eigenvalue weighted by atomic mass is 9.77. The van der Waals surface area contributed by atoms with Gasteiger partial charge < -0.3 is 15.1 Å². The summed E-state index contributed by atoms with van der Waals surface area (Å²) >= 11 is 0. The zero-order valence-corrected chi connectivity index (χ0v) is 14.9. The fourth-order valence-corrected chi connectivity index (χ4v) is 4.70. The van der Waals surface area contributed by atoms with Crippen molar-refractivity contribution in [1.82, 2.24) is 9.55 Å². The van der Waals surface area contributed by atoms with Gasteiger partial charge in [-0.3, -0.25) is 0 Å². The highest BCUT2D eigenvalue weighted by Crippen LogP contribution is 2.44. The van der Waals surface area contributed by atoms with Crippen LogP contribution in [0.15, 0.2) is 30.7 Å². The van der Waals surface area contributed by atoms with E-state index in [1.807, 2.05) is 12.5 Å². The van der Waals surface area contributed by atoms with Crippen LogP contribution in [0.25, 0.3) is 11.3 Å². The summed E-state index contributed by atoms with van der Waals surface area (Å²) in [6.45, 7) is 2.23. The van der Waals surface area contributed by atoms with Crippen LogP contribution in [-0.2, 0) is 11.3 Å². The van der Waals surface area contributed by atoms with Gasteiger partial charge in [0.15, 0.2) is 0 Å². The van der Waals surface area contributed by atoms with Crippen molar-refractivity contribution in [2.75, 3.05) is 0 Å². The zero-order valence-electron chi connectivity index (χ0n) is 14.9. The van der Waals surface area contributed by atoms with E-state index in [1.165, 1.54) is 22.4 Å². The van der Waals surface area contributed by atoms with Crippen molar-refractivity contribution in [2.24, 2.45) is 11.6 Å². The number of fused-ring (bicyclic) bond motifs is 3. The molecule has 0 saturated heterocycles. The van der Waals surface area contributed by atoms with Crippen molar-refractivity contribution >= 4 is 0 Å². The Hall–Kier alpha value is -1.69. The molecule has 2 aliphatic rings. The van der Waals surface area contributed by atoms with Gasteiger partial charge in [0.1, 0.15) is 0 Å². The molecule has 5 heteroatoms. The van der Waals surface area contributed by atoms with Crippen LogP contribution in [0, 0.1) is 0 Å². The highest BCUT2D eigenvalue weighted by molar-refractivity contribution is 5.70. The number of hydrogen-bond donors (Lipinski definition) is 2. The summed E-state index contributed by atoms with van der Waals surface area (Å²) in [4.78, 5) is 9.39. The lowest BCUT2D eigenvalue weighted by Crippen LogP contribution is -2.45. The van der Waals surface area contributed by atoms with Crippen LogP contribution in [0.4, 0.5) is 0 Å². The monoisotopic (exact) mass is 340 g/mol. The van der Waals surface area contributed by atoms with Crippen LogP contribution in [0.5, 0.6) is 0 Å². The normalized spacial score (nSPS) is 28.0. The summed E-state index contributed by atoms with van der Waals surface area (Å²) in [6, 6.07) is 7.00. The van der Waals surface area contributed by atoms with Crippen molar-refractivity contribution in [3.8, 4) is 11.3 Å². The highest BCUT2D eigenvalue weighted by atomic mass is 16.6. The Bertz CT molecular complexity index is 746. The van der Waals surface area contributed by atoms with E-state index in [4.69, 9.17) is 16.5 Å². The molecule has 0 amide bonds. The summed E-state index contributed by atoms with van der Waals surface area (Å²) in [5.41, 5.74) is 12.1. The van der Waals surface area contributed by atoms with Crippen LogP contribution in [0.2, 0.25) is 0 Å². The van der Waals surface area contributed by atoms with Gasteiger partial charge in [-0.2, -0.15) is 0 Å². The van der Waals surface area contributed by atoms with E-state index in [0.29, 0.717) is 6.04 Å². The number of nitrogens with zero attached hydrogens (tertiary/aromatic N) is 2. The van der Waals surface area contributed by atoms with Crippen LogP contribution >= 0.6 is 0 Å². The third kappa shape index (κ3) is 2.90. The molecular weight excluding hydrogens is 312 g/mol. The first-order chi connectivity index (χ1) is 12.1. The van der Waals surface area contributed by atoms with Gasteiger partial charge in [0.2, 0.25) is 0 Å². The van der Waals surface area contributed by atoms with Crippen molar-refractivity contribution in [1.29, 1.82) is 0 Å². The first-order valence-electron chi connectivity index (χ1n) is 9.43. The second-order valence-corrected chi connectivity index (χ2v) is 7.67. The standard InChI is InChI=1S/C20H28N4O/c1-2-14-4-3-5-16-18-12-23-13-24(18)17(19(14)16)8-11-20(21)9-6-15(25-22)7-10-20/h3-5,12-13,15,17H,2,6-11,21-22H2,1H3/t15?,17-,20?/m1/s1. The molecule has 1 aromatic carbocycles. The molecule has 1 aromatic heterocycles. The topological polar surface area (TPSA) is 79.1 Å². The molecule has 1 saturated carbocycles. The van der Waals surface area contributed by atoms with Gasteiger partial charge in [-0.15, -0.1) is 0 Å². The van der Waals surface area contributed by atoms with Gasteiger partial charge in [0.05, 0.1) is 30.4 Å². The molecule has 1 aliphatic heterocycles. The minimum Gasteiger partial charge on any atom is -0.325 e. The van der Waals surface area contributed by atoms with Gasteiger partial charge in [-0.25, -0.2) is 10.9 Å². The molecule has 1 aliphatic carbocycles. The first kappa shape index (κ1) is 16.8. The largest absolute Gasteiger partial charge is 0.325 e. The van der Waals surface area contributed by atoms with E-state index in [-0.39, 0.29) is 11.6 Å². The highest BCUT2D eigenvalue weighted by Gasteiger charge is 2.35. The van der Waals surface area contributed by atoms with Gasteiger partial charge in [-0.1, -0.05) is 25.1 Å². The fraction of sp³-hybridized carbons (Fsp3) is 0.550. The molecule has 5 nitrogen and oxygen atoms in total. The van der Waals surface area contributed by atoms with Crippen molar-refractivity contribution < 1.29 is 4.84 Å². The molecule has 4 rings (SSSR count). The molecule has 0 bridgehead atoms. The Morgan fingerprint density at radius 2 is 2.12 bits per heavy atom. The van der Waals surface area contributed by atoms with E-state index in [1.54, 1.807) is 0 Å². The smallest absolute Gasteiger partial charge is 0.0956 e. The van der Waals surface area contributed by atoms with Gasteiger partial charge in [0, 0.05) is 11.1 Å². The number of nitrogens with two attached hydrogens (primary N) is 2. The molecule has 1 fully saturated rings.